The van der Waals surface area contributed by atoms with Gasteiger partial charge in [0.25, 0.3) is 12.3 Å². The van der Waals surface area contributed by atoms with Gasteiger partial charge in [-0.15, -0.1) is 6.58 Å². The van der Waals surface area contributed by atoms with Crippen molar-refractivity contribution in [1.29, 1.82) is 0 Å². The highest BCUT2D eigenvalue weighted by atomic mass is 19.3. The number of amides is 2. The lowest BCUT2D eigenvalue weighted by atomic mass is 9.73. The number of halogens is 2. The highest BCUT2D eigenvalue weighted by molar-refractivity contribution is 5.95. The summed E-state index contributed by atoms with van der Waals surface area (Å²) in [4.78, 5) is 25.3. The molecule has 0 radical (unpaired) electrons. The van der Waals surface area contributed by atoms with Gasteiger partial charge in [-0.1, -0.05) is 42.5 Å². The van der Waals surface area contributed by atoms with Crippen molar-refractivity contribution in [2.75, 3.05) is 26.3 Å². The van der Waals surface area contributed by atoms with Gasteiger partial charge in [0.2, 0.25) is 5.91 Å². The highest BCUT2D eigenvalue weighted by Crippen LogP contribution is 2.37. The molecule has 1 heterocycles. The number of benzene rings is 2. The SMILES string of the molecule is C=CCNC(=O)C1(Cc2ccccc2-c2cccc(C(=O)NCC(F)F)c2)CCOCC1. The maximum Gasteiger partial charge on any atom is 0.255 e. The Kier molecular flexibility index (Phi) is 8.11. The van der Waals surface area contributed by atoms with Crippen LogP contribution < -0.4 is 10.6 Å². The smallest absolute Gasteiger partial charge is 0.255 e. The zero-order valence-electron chi connectivity index (χ0n) is 17.9. The van der Waals surface area contributed by atoms with Gasteiger partial charge in [-0.25, -0.2) is 8.78 Å². The van der Waals surface area contributed by atoms with Crippen molar-refractivity contribution >= 4 is 11.8 Å². The molecule has 7 heteroatoms. The second-order valence-corrected chi connectivity index (χ2v) is 7.91. The van der Waals surface area contributed by atoms with Crippen LogP contribution in [0, 0.1) is 5.41 Å². The standard InChI is InChI=1S/C25H28F2N2O3/c1-2-12-28-24(31)25(10-13-32-14-11-25)16-20-6-3-4-9-21(20)18-7-5-8-19(15-18)23(30)29-17-22(26)27/h2-9,15,22H,1,10-14,16-17H2,(H,28,31)(H,29,30). The lowest BCUT2D eigenvalue weighted by molar-refractivity contribution is -0.136. The Labute approximate surface area is 186 Å². The normalized spacial score (nSPS) is 15.2. The molecule has 1 fully saturated rings. The molecule has 0 spiro atoms. The number of nitrogens with one attached hydrogen (secondary N) is 2. The summed E-state index contributed by atoms with van der Waals surface area (Å²) in [5, 5.41) is 5.18. The molecule has 1 aliphatic rings. The first-order chi connectivity index (χ1) is 15.4. The first-order valence-corrected chi connectivity index (χ1v) is 10.7. The van der Waals surface area contributed by atoms with Crippen LogP contribution in [0.1, 0.15) is 28.8 Å². The van der Waals surface area contributed by atoms with Crippen LogP contribution in [0.2, 0.25) is 0 Å². The maximum absolute atomic E-state index is 13.1. The van der Waals surface area contributed by atoms with Crippen molar-refractivity contribution in [3.8, 4) is 11.1 Å². The first kappa shape index (κ1) is 23.6. The minimum absolute atomic E-state index is 0.0179. The molecule has 0 atom stereocenters. The van der Waals surface area contributed by atoms with E-state index in [1.165, 1.54) is 0 Å². The quantitative estimate of drug-likeness (QED) is 0.577. The van der Waals surface area contributed by atoms with E-state index in [-0.39, 0.29) is 5.91 Å². The molecule has 5 nitrogen and oxygen atoms in total. The Hall–Kier alpha value is -3.06. The maximum atomic E-state index is 13.1. The molecule has 0 aliphatic carbocycles. The number of ether oxygens (including phenoxy) is 1. The highest BCUT2D eigenvalue weighted by Gasteiger charge is 2.40. The molecule has 170 valence electrons. The van der Waals surface area contributed by atoms with E-state index >= 15 is 0 Å². The van der Waals surface area contributed by atoms with Gasteiger partial charge in [-0.05, 0) is 48.1 Å². The molecule has 0 aromatic heterocycles. The van der Waals surface area contributed by atoms with Gasteiger partial charge in [0, 0.05) is 25.3 Å². The van der Waals surface area contributed by atoms with Gasteiger partial charge in [-0.3, -0.25) is 9.59 Å². The minimum atomic E-state index is -2.61. The van der Waals surface area contributed by atoms with Crippen LogP contribution in [0.25, 0.3) is 11.1 Å². The van der Waals surface area contributed by atoms with Crippen LogP contribution in [0.3, 0.4) is 0 Å². The van der Waals surface area contributed by atoms with Crippen molar-refractivity contribution in [3.05, 3.63) is 72.3 Å². The zero-order valence-corrected chi connectivity index (χ0v) is 17.9. The largest absolute Gasteiger partial charge is 0.381 e. The van der Waals surface area contributed by atoms with Gasteiger partial charge in [0.1, 0.15) is 0 Å². The summed E-state index contributed by atoms with van der Waals surface area (Å²) >= 11 is 0. The lowest BCUT2D eigenvalue weighted by Gasteiger charge is -2.36. The average molecular weight is 443 g/mol. The third-order valence-corrected chi connectivity index (χ3v) is 5.74. The summed E-state index contributed by atoms with van der Waals surface area (Å²) in [5.41, 5.74) is 2.39. The van der Waals surface area contributed by atoms with Crippen molar-refractivity contribution in [3.63, 3.8) is 0 Å². The predicted octanol–water partition coefficient (Wildman–Crippen LogP) is 3.99. The van der Waals surface area contributed by atoms with Crippen molar-refractivity contribution < 1.29 is 23.1 Å². The van der Waals surface area contributed by atoms with Crippen LogP contribution in [-0.2, 0) is 16.0 Å². The molecular weight excluding hydrogens is 414 g/mol. The topological polar surface area (TPSA) is 67.4 Å². The predicted molar refractivity (Wildman–Crippen MR) is 120 cm³/mol. The monoisotopic (exact) mass is 442 g/mol. The van der Waals surface area contributed by atoms with E-state index in [9.17, 15) is 18.4 Å². The van der Waals surface area contributed by atoms with E-state index in [4.69, 9.17) is 4.74 Å². The number of carbonyl (C=O) groups excluding carboxylic acids is 2. The Morgan fingerprint density at radius 1 is 1.09 bits per heavy atom. The molecule has 2 amide bonds. The van der Waals surface area contributed by atoms with Crippen molar-refractivity contribution in [1.82, 2.24) is 10.6 Å². The number of hydrogen-bond acceptors (Lipinski definition) is 3. The summed E-state index contributed by atoms with van der Waals surface area (Å²) in [6.45, 7) is 4.42. The van der Waals surface area contributed by atoms with E-state index in [2.05, 4.69) is 17.2 Å². The van der Waals surface area contributed by atoms with Crippen molar-refractivity contribution in [2.24, 2.45) is 5.41 Å². The lowest BCUT2D eigenvalue weighted by Crippen LogP contribution is -2.46. The Bertz CT molecular complexity index is 956. The van der Waals surface area contributed by atoms with E-state index < -0.39 is 24.3 Å². The van der Waals surface area contributed by atoms with Crippen LogP contribution in [0.4, 0.5) is 8.78 Å². The molecule has 3 rings (SSSR count). The number of carbonyl (C=O) groups is 2. The van der Waals surface area contributed by atoms with E-state index in [1.54, 1.807) is 24.3 Å². The zero-order chi connectivity index (χ0) is 23.0. The fourth-order valence-electron chi connectivity index (χ4n) is 4.02. The van der Waals surface area contributed by atoms with Crippen LogP contribution in [-0.4, -0.2) is 44.5 Å². The molecule has 0 saturated carbocycles. The molecule has 0 unspecified atom stereocenters. The molecule has 0 bridgehead atoms. The molecule has 2 N–H and O–H groups in total. The molecular formula is C25H28F2N2O3. The Morgan fingerprint density at radius 3 is 2.56 bits per heavy atom. The molecule has 32 heavy (non-hydrogen) atoms. The molecule has 1 aliphatic heterocycles. The fraction of sp³-hybridized carbons (Fsp3) is 0.360. The van der Waals surface area contributed by atoms with Crippen LogP contribution in [0.15, 0.2) is 61.2 Å². The fourth-order valence-corrected chi connectivity index (χ4v) is 4.02. The summed E-state index contributed by atoms with van der Waals surface area (Å²) in [5.74, 6) is -0.565. The van der Waals surface area contributed by atoms with Crippen LogP contribution >= 0.6 is 0 Å². The molecule has 2 aromatic rings. The number of rotatable bonds is 9. The van der Waals surface area contributed by atoms with Crippen molar-refractivity contribution in [2.45, 2.75) is 25.7 Å². The molecule has 1 saturated heterocycles. The van der Waals surface area contributed by atoms with Gasteiger partial charge in [-0.2, -0.15) is 0 Å². The van der Waals surface area contributed by atoms with E-state index in [1.807, 2.05) is 30.3 Å². The third-order valence-electron chi connectivity index (χ3n) is 5.74. The average Bonchev–Trinajstić information content (AvgIpc) is 2.82. The Morgan fingerprint density at radius 2 is 1.84 bits per heavy atom. The van der Waals surface area contributed by atoms with Gasteiger partial charge in [0.15, 0.2) is 0 Å². The van der Waals surface area contributed by atoms with Crippen LogP contribution in [0.5, 0.6) is 0 Å². The summed E-state index contributed by atoms with van der Waals surface area (Å²) in [7, 11) is 0. The van der Waals surface area contributed by atoms with Gasteiger partial charge in [0.05, 0.1) is 12.0 Å². The van der Waals surface area contributed by atoms with Gasteiger partial charge < -0.3 is 15.4 Å². The summed E-state index contributed by atoms with van der Waals surface area (Å²) in [6, 6.07) is 14.6. The third kappa shape index (κ3) is 5.79. The second kappa shape index (κ2) is 11.0. The minimum Gasteiger partial charge on any atom is -0.381 e. The van der Waals surface area contributed by atoms with E-state index in [0.29, 0.717) is 44.6 Å². The summed E-state index contributed by atoms with van der Waals surface area (Å²) < 4.78 is 30.4. The number of hydrogen-bond donors (Lipinski definition) is 2. The second-order valence-electron chi connectivity index (χ2n) is 7.91. The van der Waals surface area contributed by atoms with E-state index in [0.717, 1.165) is 16.7 Å². The first-order valence-electron chi connectivity index (χ1n) is 10.7. The molecule has 2 aromatic carbocycles. The Balaban J connectivity index is 1.90. The van der Waals surface area contributed by atoms with Gasteiger partial charge >= 0.3 is 0 Å². The summed E-state index contributed by atoms with van der Waals surface area (Å²) in [6.07, 6.45) is 0.799. The number of alkyl halides is 2.